The van der Waals surface area contributed by atoms with Crippen molar-refractivity contribution in [2.75, 3.05) is 6.54 Å². The largest absolute Gasteiger partial charge is 0.315 e. The van der Waals surface area contributed by atoms with Crippen molar-refractivity contribution in [1.82, 2.24) is 10.3 Å². The summed E-state index contributed by atoms with van der Waals surface area (Å²) >= 11 is 1.83. The second-order valence-corrected chi connectivity index (χ2v) is 5.86. The molecule has 0 aliphatic carbocycles. The predicted octanol–water partition coefficient (Wildman–Crippen LogP) is 3.54. The molecule has 0 saturated heterocycles. The molecule has 0 radical (unpaired) electrons. The summed E-state index contributed by atoms with van der Waals surface area (Å²) in [6.45, 7) is 7.57. The first-order valence-electron chi connectivity index (χ1n) is 6.25. The van der Waals surface area contributed by atoms with Gasteiger partial charge in [0.15, 0.2) is 0 Å². The van der Waals surface area contributed by atoms with E-state index in [2.05, 4.69) is 44.3 Å². The van der Waals surface area contributed by atoms with E-state index in [1.54, 1.807) is 0 Å². The number of hydrogen-bond acceptors (Lipinski definition) is 3. The highest BCUT2D eigenvalue weighted by molar-refractivity contribution is 7.18. The number of nitrogens with one attached hydrogen (secondary N) is 1. The van der Waals surface area contributed by atoms with Crippen LogP contribution in [0, 0.1) is 6.92 Å². The Morgan fingerprint density at radius 3 is 2.88 bits per heavy atom. The first-order valence-corrected chi connectivity index (χ1v) is 7.07. The number of aryl methyl sites for hydroxylation is 2. The van der Waals surface area contributed by atoms with Gasteiger partial charge in [-0.2, -0.15) is 0 Å². The number of para-hydroxylation sites is 1. The van der Waals surface area contributed by atoms with Crippen molar-refractivity contribution in [2.45, 2.75) is 39.7 Å². The Kier molecular flexibility index (Phi) is 4.13. The molecule has 92 valence electrons. The van der Waals surface area contributed by atoms with Crippen LogP contribution in [0.15, 0.2) is 18.2 Å². The lowest BCUT2D eigenvalue weighted by Crippen LogP contribution is -2.23. The van der Waals surface area contributed by atoms with E-state index in [0.29, 0.717) is 6.04 Å². The summed E-state index contributed by atoms with van der Waals surface area (Å²) < 4.78 is 1.32. The molecule has 0 unspecified atom stereocenters. The Labute approximate surface area is 107 Å². The molecule has 0 spiro atoms. The summed E-state index contributed by atoms with van der Waals surface area (Å²) in [5.74, 6) is 0. The fourth-order valence-corrected chi connectivity index (χ4v) is 2.96. The zero-order valence-electron chi connectivity index (χ0n) is 10.8. The van der Waals surface area contributed by atoms with Gasteiger partial charge in [-0.1, -0.05) is 26.0 Å². The molecule has 0 amide bonds. The lowest BCUT2D eigenvalue weighted by Gasteiger charge is -2.06. The zero-order chi connectivity index (χ0) is 12.3. The molecule has 0 saturated carbocycles. The van der Waals surface area contributed by atoms with Crippen molar-refractivity contribution in [3.63, 3.8) is 0 Å². The van der Waals surface area contributed by atoms with Crippen molar-refractivity contribution < 1.29 is 0 Å². The summed E-state index contributed by atoms with van der Waals surface area (Å²) in [4.78, 5) is 4.72. The van der Waals surface area contributed by atoms with Gasteiger partial charge < -0.3 is 5.32 Å². The minimum atomic E-state index is 0.576. The molecule has 1 N–H and O–H groups in total. The maximum atomic E-state index is 4.72. The van der Waals surface area contributed by atoms with Gasteiger partial charge in [0.1, 0.15) is 0 Å². The molecule has 2 rings (SSSR count). The Bertz CT molecular complexity index is 488. The maximum absolute atomic E-state index is 4.72. The number of nitrogens with zero attached hydrogens (tertiary/aromatic N) is 1. The number of benzene rings is 1. The van der Waals surface area contributed by atoms with Crippen LogP contribution in [-0.2, 0) is 6.42 Å². The summed E-state index contributed by atoms with van der Waals surface area (Å²) in [5, 5.41) is 4.70. The fourth-order valence-electron chi connectivity index (χ4n) is 1.87. The van der Waals surface area contributed by atoms with Crippen LogP contribution < -0.4 is 5.32 Å². The van der Waals surface area contributed by atoms with Gasteiger partial charge in [0.05, 0.1) is 15.2 Å². The first kappa shape index (κ1) is 12.5. The monoisotopic (exact) mass is 248 g/mol. The average Bonchev–Trinajstić information content (AvgIpc) is 2.69. The van der Waals surface area contributed by atoms with E-state index in [1.165, 1.54) is 20.8 Å². The topological polar surface area (TPSA) is 24.9 Å². The van der Waals surface area contributed by atoms with E-state index in [1.807, 2.05) is 11.3 Å². The molecule has 1 aromatic heterocycles. The molecule has 2 aromatic rings. The van der Waals surface area contributed by atoms with Crippen LogP contribution in [-0.4, -0.2) is 17.6 Å². The van der Waals surface area contributed by atoms with Gasteiger partial charge >= 0.3 is 0 Å². The third kappa shape index (κ3) is 3.27. The van der Waals surface area contributed by atoms with E-state index >= 15 is 0 Å². The van der Waals surface area contributed by atoms with Crippen LogP contribution >= 0.6 is 11.3 Å². The van der Waals surface area contributed by atoms with Gasteiger partial charge in [-0.3, -0.25) is 0 Å². The third-order valence-corrected chi connectivity index (χ3v) is 3.87. The quantitative estimate of drug-likeness (QED) is 0.819. The molecular formula is C14H20N2S. The van der Waals surface area contributed by atoms with Crippen LogP contribution in [0.4, 0.5) is 0 Å². The highest BCUT2D eigenvalue weighted by Gasteiger charge is 2.05. The lowest BCUT2D eigenvalue weighted by molar-refractivity contribution is 0.570. The van der Waals surface area contributed by atoms with Crippen LogP contribution in [0.5, 0.6) is 0 Å². The van der Waals surface area contributed by atoms with E-state index in [0.717, 1.165) is 19.4 Å². The zero-order valence-corrected chi connectivity index (χ0v) is 11.6. The van der Waals surface area contributed by atoms with Gasteiger partial charge in [-0.15, -0.1) is 11.3 Å². The Morgan fingerprint density at radius 1 is 1.35 bits per heavy atom. The standard InChI is InChI=1S/C14H20N2S/c1-10(2)15-9-5-8-13-16-14-11(3)6-4-7-12(14)17-13/h4,6-7,10,15H,5,8-9H2,1-3H3. The average molecular weight is 248 g/mol. The third-order valence-electron chi connectivity index (χ3n) is 2.79. The molecule has 0 fully saturated rings. The lowest BCUT2D eigenvalue weighted by atomic mass is 10.2. The predicted molar refractivity (Wildman–Crippen MR) is 75.8 cm³/mol. The second-order valence-electron chi connectivity index (χ2n) is 4.74. The van der Waals surface area contributed by atoms with Gasteiger partial charge in [0.2, 0.25) is 0 Å². The van der Waals surface area contributed by atoms with E-state index in [9.17, 15) is 0 Å². The minimum absolute atomic E-state index is 0.576. The van der Waals surface area contributed by atoms with Gasteiger partial charge in [0, 0.05) is 12.5 Å². The van der Waals surface area contributed by atoms with Crippen molar-refractivity contribution >= 4 is 21.6 Å². The summed E-state index contributed by atoms with van der Waals surface area (Å²) in [5.41, 5.74) is 2.47. The van der Waals surface area contributed by atoms with E-state index in [4.69, 9.17) is 4.98 Å². The molecule has 1 aromatic carbocycles. The highest BCUT2D eigenvalue weighted by Crippen LogP contribution is 2.25. The van der Waals surface area contributed by atoms with Crippen LogP contribution in [0.3, 0.4) is 0 Å². The van der Waals surface area contributed by atoms with Crippen molar-refractivity contribution in [3.05, 3.63) is 28.8 Å². The molecule has 0 aliphatic heterocycles. The highest BCUT2D eigenvalue weighted by atomic mass is 32.1. The number of rotatable bonds is 5. The second kappa shape index (κ2) is 5.61. The molecule has 17 heavy (non-hydrogen) atoms. The molecule has 0 bridgehead atoms. The minimum Gasteiger partial charge on any atom is -0.315 e. The normalized spacial score (nSPS) is 11.5. The summed E-state index contributed by atoms with van der Waals surface area (Å²) in [6.07, 6.45) is 2.25. The first-order chi connectivity index (χ1) is 8.16. The summed E-state index contributed by atoms with van der Waals surface area (Å²) in [6, 6.07) is 6.98. The van der Waals surface area contributed by atoms with Crippen molar-refractivity contribution in [2.24, 2.45) is 0 Å². The Balaban J connectivity index is 1.98. The molecule has 0 aliphatic rings. The number of fused-ring (bicyclic) bond motifs is 1. The Hall–Kier alpha value is -0.930. The summed E-state index contributed by atoms with van der Waals surface area (Å²) in [7, 11) is 0. The van der Waals surface area contributed by atoms with Gasteiger partial charge in [-0.05, 0) is 31.5 Å². The molecule has 3 heteroatoms. The molecule has 1 heterocycles. The number of thiazole rings is 1. The van der Waals surface area contributed by atoms with E-state index < -0.39 is 0 Å². The SMILES string of the molecule is Cc1cccc2sc(CCCNC(C)C)nc12. The van der Waals surface area contributed by atoms with Gasteiger partial charge in [0.25, 0.3) is 0 Å². The molecular weight excluding hydrogens is 228 g/mol. The number of hydrogen-bond donors (Lipinski definition) is 1. The smallest absolute Gasteiger partial charge is 0.0939 e. The van der Waals surface area contributed by atoms with E-state index in [-0.39, 0.29) is 0 Å². The maximum Gasteiger partial charge on any atom is 0.0939 e. The van der Waals surface area contributed by atoms with Crippen LogP contribution in [0.25, 0.3) is 10.2 Å². The van der Waals surface area contributed by atoms with Crippen molar-refractivity contribution in [3.8, 4) is 0 Å². The van der Waals surface area contributed by atoms with Crippen molar-refractivity contribution in [1.29, 1.82) is 0 Å². The Morgan fingerprint density at radius 2 is 2.18 bits per heavy atom. The number of aromatic nitrogens is 1. The van der Waals surface area contributed by atoms with Crippen LogP contribution in [0.2, 0.25) is 0 Å². The molecule has 0 atom stereocenters. The van der Waals surface area contributed by atoms with Crippen LogP contribution in [0.1, 0.15) is 30.8 Å². The van der Waals surface area contributed by atoms with Gasteiger partial charge in [-0.25, -0.2) is 4.98 Å². The molecule has 2 nitrogen and oxygen atoms in total. The fraction of sp³-hybridized carbons (Fsp3) is 0.500.